The van der Waals surface area contributed by atoms with E-state index in [4.69, 9.17) is 0 Å². The van der Waals surface area contributed by atoms with Crippen molar-refractivity contribution in [3.05, 3.63) is 22.9 Å². The van der Waals surface area contributed by atoms with Gasteiger partial charge in [-0.05, 0) is 43.2 Å². The third kappa shape index (κ3) is 2.92. The molecule has 1 aliphatic heterocycles. The highest BCUT2D eigenvalue weighted by Crippen LogP contribution is 2.36. The summed E-state index contributed by atoms with van der Waals surface area (Å²) >= 11 is 0. The number of aliphatic hydroxyl groups is 1. The van der Waals surface area contributed by atoms with Crippen LogP contribution in [0.15, 0.2) is 6.07 Å². The summed E-state index contributed by atoms with van der Waals surface area (Å²) in [6.45, 7) is 13.2. The summed E-state index contributed by atoms with van der Waals surface area (Å²) in [6, 6.07) is 2.05. The summed E-state index contributed by atoms with van der Waals surface area (Å²) in [7, 11) is 0. The van der Waals surface area contributed by atoms with Gasteiger partial charge >= 0.3 is 0 Å². The summed E-state index contributed by atoms with van der Waals surface area (Å²) in [5.74, 6) is 1.69. The molecule has 0 aliphatic carbocycles. The van der Waals surface area contributed by atoms with Crippen LogP contribution >= 0.6 is 0 Å². The second-order valence-electron chi connectivity index (χ2n) is 6.84. The number of anilines is 1. The molecule has 1 aromatic heterocycles. The van der Waals surface area contributed by atoms with Gasteiger partial charge in [0, 0.05) is 24.3 Å². The van der Waals surface area contributed by atoms with Crippen molar-refractivity contribution in [2.75, 3.05) is 18.0 Å². The molecule has 0 aromatic carbocycles. The van der Waals surface area contributed by atoms with Gasteiger partial charge in [0.15, 0.2) is 0 Å². The summed E-state index contributed by atoms with van der Waals surface area (Å²) in [5.41, 5.74) is 3.50. The van der Waals surface area contributed by atoms with Gasteiger partial charge < -0.3 is 10.0 Å². The minimum Gasteiger partial charge on any atom is -0.392 e. The average molecular weight is 262 g/mol. The van der Waals surface area contributed by atoms with Gasteiger partial charge in [-0.15, -0.1) is 0 Å². The lowest BCUT2D eigenvalue weighted by atomic mass is 9.80. The van der Waals surface area contributed by atoms with Crippen LogP contribution in [0.25, 0.3) is 0 Å². The molecule has 106 valence electrons. The third-order valence-electron chi connectivity index (χ3n) is 4.32. The van der Waals surface area contributed by atoms with E-state index >= 15 is 0 Å². The van der Waals surface area contributed by atoms with E-state index in [0.717, 1.165) is 35.7 Å². The Kier molecular flexibility index (Phi) is 3.86. The normalized spacial score (nSPS) is 20.1. The molecule has 1 fully saturated rings. The first-order valence-electron chi connectivity index (χ1n) is 7.16. The van der Waals surface area contributed by atoms with Crippen molar-refractivity contribution >= 4 is 5.82 Å². The van der Waals surface area contributed by atoms with Gasteiger partial charge in [-0.1, -0.05) is 20.8 Å². The van der Waals surface area contributed by atoms with Gasteiger partial charge in [-0.3, -0.25) is 0 Å². The molecular formula is C16H26N2O. The second kappa shape index (κ2) is 5.12. The molecule has 0 bridgehead atoms. The molecule has 2 rings (SSSR count). The molecule has 3 nitrogen and oxygen atoms in total. The summed E-state index contributed by atoms with van der Waals surface area (Å²) in [4.78, 5) is 7.02. The maximum Gasteiger partial charge on any atom is 0.134 e. The number of hydrogen-bond acceptors (Lipinski definition) is 3. The SMILES string of the molecule is Cc1cc(C)c(CO)c(N2CCC(C(C)(C)C)C2)n1. The zero-order valence-electron chi connectivity index (χ0n) is 12.8. The molecular weight excluding hydrogens is 236 g/mol. The Bertz CT molecular complexity index is 463. The van der Waals surface area contributed by atoms with Crippen LogP contribution in [0.2, 0.25) is 0 Å². The molecule has 0 radical (unpaired) electrons. The predicted octanol–water partition coefficient (Wildman–Crippen LogP) is 3.06. The van der Waals surface area contributed by atoms with Crippen LogP contribution in [-0.4, -0.2) is 23.2 Å². The Balaban J connectivity index is 2.29. The van der Waals surface area contributed by atoms with Gasteiger partial charge in [0.25, 0.3) is 0 Å². The van der Waals surface area contributed by atoms with Crippen molar-refractivity contribution < 1.29 is 5.11 Å². The number of pyridine rings is 1. The summed E-state index contributed by atoms with van der Waals surface area (Å²) in [6.07, 6.45) is 1.21. The zero-order chi connectivity index (χ0) is 14.2. The Hall–Kier alpha value is -1.09. The van der Waals surface area contributed by atoms with Crippen LogP contribution in [-0.2, 0) is 6.61 Å². The topological polar surface area (TPSA) is 36.4 Å². The molecule has 0 amide bonds. The Morgan fingerprint density at radius 1 is 1.37 bits per heavy atom. The van der Waals surface area contributed by atoms with Crippen molar-refractivity contribution in [2.24, 2.45) is 11.3 Å². The molecule has 0 spiro atoms. The molecule has 1 aliphatic rings. The highest BCUT2D eigenvalue weighted by atomic mass is 16.3. The maximum absolute atomic E-state index is 9.61. The average Bonchev–Trinajstić information content (AvgIpc) is 2.76. The lowest BCUT2D eigenvalue weighted by Gasteiger charge is -2.28. The molecule has 1 aromatic rings. The first kappa shape index (κ1) is 14.3. The fourth-order valence-corrected chi connectivity index (χ4v) is 2.96. The van der Waals surface area contributed by atoms with E-state index in [9.17, 15) is 5.11 Å². The molecule has 1 N–H and O–H groups in total. The number of hydrogen-bond donors (Lipinski definition) is 1. The van der Waals surface area contributed by atoms with E-state index < -0.39 is 0 Å². The number of aryl methyl sites for hydroxylation is 2. The minimum absolute atomic E-state index is 0.0745. The lowest BCUT2D eigenvalue weighted by Crippen LogP contribution is -2.27. The monoisotopic (exact) mass is 262 g/mol. The maximum atomic E-state index is 9.61. The first-order chi connectivity index (χ1) is 8.82. The number of rotatable bonds is 2. The van der Waals surface area contributed by atoms with Crippen molar-refractivity contribution in [1.29, 1.82) is 0 Å². The first-order valence-corrected chi connectivity index (χ1v) is 7.16. The van der Waals surface area contributed by atoms with Gasteiger partial charge in [0.1, 0.15) is 5.82 Å². The third-order valence-corrected chi connectivity index (χ3v) is 4.32. The Morgan fingerprint density at radius 2 is 2.05 bits per heavy atom. The van der Waals surface area contributed by atoms with Crippen LogP contribution in [0.4, 0.5) is 5.82 Å². The van der Waals surface area contributed by atoms with Crippen LogP contribution in [0.1, 0.15) is 44.0 Å². The standard InChI is InChI=1S/C16H26N2O/c1-11-8-12(2)17-15(14(11)10-19)18-7-6-13(9-18)16(3,4)5/h8,13,19H,6-7,9-10H2,1-5H3. The summed E-state index contributed by atoms with van der Waals surface area (Å²) < 4.78 is 0. The molecule has 0 saturated carbocycles. The Morgan fingerprint density at radius 3 is 2.58 bits per heavy atom. The quantitative estimate of drug-likeness (QED) is 0.890. The molecule has 1 saturated heterocycles. The molecule has 1 atom stereocenters. The number of nitrogens with zero attached hydrogens (tertiary/aromatic N) is 2. The fraction of sp³-hybridized carbons (Fsp3) is 0.688. The zero-order valence-corrected chi connectivity index (χ0v) is 12.8. The lowest BCUT2D eigenvalue weighted by molar-refractivity contribution is 0.263. The summed E-state index contributed by atoms with van der Waals surface area (Å²) in [5, 5.41) is 9.61. The van der Waals surface area contributed by atoms with E-state index in [-0.39, 0.29) is 6.61 Å². The van der Waals surface area contributed by atoms with E-state index in [2.05, 4.69) is 37.6 Å². The smallest absolute Gasteiger partial charge is 0.134 e. The van der Waals surface area contributed by atoms with E-state index in [1.807, 2.05) is 13.0 Å². The van der Waals surface area contributed by atoms with Crippen molar-refractivity contribution in [2.45, 2.75) is 47.6 Å². The van der Waals surface area contributed by atoms with Gasteiger partial charge in [0.05, 0.1) is 6.61 Å². The van der Waals surface area contributed by atoms with Gasteiger partial charge in [-0.2, -0.15) is 0 Å². The highest BCUT2D eigenvalue weighted by molar-refractivity contribution is 5.52. The fourth-order valence-electron chi connectivity index (χ4n) is 2.96. The van der Waals surface area contributed by atoms with Crippen LogP contribution in [0, 0.1) is 25.2 Å². The van der Waals surface area contributed by atoms with Crippen LogP contribution in [0.5, 0.6) is 0 Å². The molecule has 2 heterocycles. The largest absolute Gasteiger partial charge is 0.392 e. The second-order valence-corrected chi connectivity index (χ2v) is 6.84. The molecule has 19 heavy (non-hydrogen) atoms. The van der Waals surface area contributed by atoms with Crippen LogP contribution in [0.3, 0.4) is 0 Å². The van der Waals surface area contributed by atoms with Gasteiger partial charge in [0.2, 0.25) is 0 Å². The molecule has 3 heteroatoms. The molecule has 1 unspecified atom stereocenters. The predicted molar refractivity (Wildman–Crippen MR) is 79.4 cm³/mol. The minimum atomic E-state index is 0.0745. The van der Waals surface area contributed by atoms with Gasteiger partial charge in [-0.25, -0.2) is 4.98 Å². The van der Waals surface area contributed by atoms with E-state index in [1.165, 1.54) is 6.42 Å². The number of aromatic nitrogens is 1. The highest BCUT2D eigenvalue weighted by Gasteiger charge is 2.33. The van der Waals surface area contributed by atoms with Crippen molar-refractivity contribution in [3.63, 3.8) is 0 Å². The van der Waals surface area contributed by atoms with Crippen molar-refractivity contribution in [3.8, 4) is 0 Å². The van der Waals surface area contributed by atoms with Crippen molar-refractivity contribution in [1.82, 2.24) is 4.98 Å². The number of aliphatic hydroxyl groups excluding tert-OH is 1. The Labute approximate surface area is 116 Å². The van der Waals surface area contributed by atoms with E-state index in [1.54, 1.807) is 0 Å². The van der Waals surface area contributed by atoms with Crippen LogP contribution < -0.4 is 4.90 Å². The van der Waals surface area contributed by atoms with E-state index in [0.29, 0.717) is 11.3 Å².